The number of hydrogen-bond acceptors (Lipinski definition) is 4. The zero-order valence-electron chi connectivity index (χ0n) is 13.2. The van der Waals surface area contributed by atoms with Gasteiger partial charge in [-0.05, 0) is 13.8 Å². The van der Waals surface area contributed by atoms with Gasteiger partial charge in [-0.1, -0.05) is 0 Å². The van der Waals surface area contributed by atoms with Crippen LogP contribution in [0, 0.1) is 13.8 Å². The van der Waals surface area contributed by atoms with Gasteiger partial charge in [0.25, 0.3) is 0 Å². The third-order valence-corrected chi connectivity index (χ3v) is 4.23. The van der Waals surface area contributed by atoms with Crippen molar-refractivity contribution in [1.82, 2.24) is 25.0 Å². The van der Waals surface area contributed by atoms with Crippen LogP contribution in [-0.4, -0.2) is 39.7 Å². The van der Waals surface area contributed by atoms with Crippen LogP contribution in [0.3, 0.4) is 0 Å². The average Bonchev–Trinajstić information content (AvgIpc) is 2.96. The van der Waals surface area contributed by atoms with Crippen LogP contribution in [0.4, 0.5) is 0 Å². The molecular weight excluding hydrogens is 284 g/mol. The lowest BCUT2D eigenvalue weighted by molar-refractivity contribution is 0.476. The first-order valence-electron chi connectivity index (χ1n) is 6.81. The van der Waals surface area contributed by atoms with Crippen molar-refractivity contribution >= 4 is 17.3 Å². The summed E-state index contributed by atoms with van der Waals surface area (Å²) in [6.07, 6.45) is 3.89. The Labute approximate surface area is 129 Å². The Morgan fingerprint density at radius 2 is 2.24 bits per heavy atom. The molecule has 0 saturated carbocycles. The molecule has 0 saturated heterocycles. The maximum Gasteiger partial charge on any atom is 0.193 e. The summed E-state index contributed by atoms with van der Waals surface area (Å²) in [5.41, 5.74) is 2.25. The van der Waals surface area contributed by atoms with E-state index in [0.717, 1.165) is 35.3 Å². The summed E-state index contributed by atoms with van der Waals surface area (Å²) in [6, 6.07) is 0. The fourth-order valence-corrected chi connectivity index (χ4v) is 3.06. The highest BCUT2D eigenvalue weighted by Crippen LogP contribution is 2.16. The van der Waals surface area contributed by atoms with Gasteiger partial charge in [0.2, 0.25) is 0 Å². The normalized spacial score (nSPS) is 11.8. The van der Waals surface area contributed by atoms with E-state index in [1.807, 2.05) is 45.0 Å². The van der Waals surface area contributed by atoms with E-state index in [9.17, 15) is 0 Å². The van der Waals surface area contributed by atoms with Crippen LogP contribution in [0.5, 0.6) is 0 Å². The molecule has 0 radical (unpaired) electrons. The Morgan fingerprint density at radius 1 is 1.48 bits per heavy atom. The molecule has 21 heavy (non-hydrogen) atoms. The van der Waals surface area contributed by atoms with E-state index in [1.54, 1.807) is 18.4 Å². The van der Waals surface area contributed by atoms with Crippen LogP contribution in [0.25, 0.3) is 0 Å². The van der Waals surface area contributed by atoms with Gasteiger partial charge < -0.3 is 10.2 Å². The number of aryl methyl sites for hydroxylation is 3. The zero-order valence-corrected chi connectivity index (χ0v) is 14.0. The SMILES string of the molecule is CN=C(NCc1sc(C)nc1C)N(C)Cc1cnn(C)c1. The van der Waals surface area contributed by atoms with E-state index in [-0.39, 0.29) is 0 Å². The lowest BCUT2D eigenvalue weighted by Gasteiger charge is -2.21. The molecule has 0 bridgehead atoms. The van der Waals surface area contributed by atoms with Crippen molar-refractivity contribution in [3.05, 3.63) is 33.5 Å². The topological polar surface area (TPSA) is 58.3 Å². The van der Waals surface area contributed by atoms with Crippen LogP contribution in [0.2, 0.25) is 0 Å². The minimum absolute atomic E-state index is 0.751. The van der Waals surface area contributed by atoms with Crippen molar-refractivity contribution in [2.24, 2.45) is 12.0 Å². The monoisotopic (exact) mass is 306 g/mol. The Balaban J connectivity index is 1.95. The van der Waals surface area contributed by atoms with Gasteiger partial charge in [0, 0.05) is 44.3 Å². The summed E-state index contributed by atoms with van der Waals surface area (Å²) in [6.45, 7) is 5.60. The van der Waals surface area contributed by atoms with Crippen molar-refractivity contribution in [3.63, 3.8) is 0 Å². The zero-order chi connectivity index (χ0) is 15.4. The number of nitrogens with zero attached hydrogens (tertiary/aromatic N) is 5. The fraction of sp³-hybridized carbons (Fsp3) is 0.500. The number of aliphatic imine (C=N–C) groups is 1. The first kappa shape index (κ1) is 15.5. The van der Waals surface area contributed by atoms with Crippen LogP contribution >= 0.6 is 11.3 Å². The second-order valence-electron chi connectivity index (χ2n) is 5.02. The quantitative estimate of drug-likeness (QED) is 0.690. The summed E-state index contributed by atoms with van der Waals surface area (Å²) in [5, 5.41) is 8.67. The van der Waals surface area contributed by atoms with Crippen LogP contribution < -0.4 is 5.32 Å². The summed E-state index contributed by atoms with van der Waals surface area (Å²) >= 11 is 1.73. The van der Waals surface area contributed by atoms with Gasteiger partial charge >= 0.3 is 0 Å². The number of rotatable bonds is 4. The molecule has 0 aliphatic heterocycles. The number of hydrogen-bond donors (Lipinski definition) is 1. The molecule has 0 atom stereocenters. The van der Waals surface area contributed by atoms with Gasteiger partial charge in [0.1, 0.15) is 0 Å². The molecule has 6 nitrogen and oxygen atoms in total. The van der Waals surface area contributed by atoms with E-state index in [1.165, 1.54) is 4.88 Å². The lowest BCUT2D eigenvalue weighted by atomic mass is 10.3. The Morgan fingerprint density at radius 3 is 2.76 bits per heavy atom. The molecule has 7 heteroatoms. The molecular formula is C14H22N6S. The summed E-state index contributed by atoms with van der Waals surface area (Å²) in [7, 11) is 5.74. The summed E-state index contributed by atoms with van der Waals surface area (Å²) in [4.78, 5) is 12.1. The number of nitrogens with one attached hydrogen (secondary N) is 1. The minimum atomic E-state index is 0.751. The predicted molar refractivity (Wildman–Crippen MR) is 86.5 cm³/mol. The third-order valence-electron chi connectivity index (χ3n) is 3.16. The van der Waals surface area contributed by atoms with E-state index in [2.05, 4.69) is 25.3 Å². The Kier molecular flexibility index (Phi) is 4.95. The van der Waals surface area contributed by atoms with E-state index in [4.69, 9.17) is 0 Å². The van der Waals surface area contributed by atoms with Gasteiger partial charge in [-0.3, -0.25) is 9.67 Å². The minimum Gasteiger partial charge on any atom is -0.351 e. The van der Waals surface area contributed by atoms with Gasteiger partial charge in [0.15, 0.2) is 5.96 Å². The van der Waals surface area contributed by atoms with E-state index in [0.29, 0.717) is 0 Å². The molecule has 0 fully saturated rings. The second kappa shape index (κ2) is 6.71. The molecule has 0 spiro atoms. The molecule has 0 amide bonds. The van der Waals surface area contributed by atoms with Crippen molar-refractivity contribution in [3.8, 4) is 0 Å². The highest BCUT2D eigenvalue weighted by atomic mass is 32.1. The molecule has 2 heterocycles. The van der Waals surface area contributed by atoms with Gasteiger partial charge in [-0.2, -0.15) is 5.10 Å². The van der Waals surface area contributed by atoms with Gasteiger partial charge in [-0.15, -0.1) is 11.3 Å². The first-order chi connectivity index (χ1) is 9.99. The third kappa shape index (κ3) is 4.04. The number of thiazole rings is 1. The van der Waals surface area contributed by atoms with Crippen molar-refractivity contribution < 1.29 is 0 Å². The largest absolute Gasteiger partial charge is 0.351 e. The summed E-state index contributed by atoms with van der Waals surface area (Å²) in [5.74, 6) is 0.865. The van der Waals surface area contributed by atoms with E-state index < -0.39 is 0 Å². The van der Waals surface area contributed by atoms with Crippen LogP contribution in [0.15, 0.2) is 17.4 Å². The van der Waals surface area contributed by atoms with Crippen LogP contribution in [0.1, 0.15) is 21.1 Å². The Bertz CT molecular complexity index is 627. The maximum absolute atomic E-state index is 4.44. The average molecular weight is 306 g/mol. The second-order valence-corrected chi connectivity index (χ2v) is 6.31. The maximum atomic E-state index is 4.44. The van der Waals surface area contributed by atoms with Crippen molar-refractivity contribution in [2.75, 3.05) is 14.1 Å². The summed E-state index contributed by atoms with van der Waals surface area (Å²) < 4.78 is 1.81. The molecule has 114 valence electrons. The molecule has 0 aliphatic carbocycles. The number of guanidine groups is 1. The molecule has 2 aromatic rings. The van der Waals surface area contributed by atoms with E-state index >= 15 is 0 Å². The molecule has 0 unspecified atom stereocenters. The van der Waals surface area contributed by atoms with Gasteiger partial charge in [-0.25, -0.2) is 4.98 Å². The Hall–Kier alpha value is -1.89. The standard InChI is InChI=1S/C14H22N6S/c1-10-13(21-11(2)18-10)7-16-14(15-3)19(4)8-12-6-17-20(5)9-12/h6,9H,7-8H2,1-5H3,(H,15,16). The highest BCUT2D eigenvalue weighted by Gasteiger charge is 2.10. The highest BCUT2D eigenvalue weighted by molar-refractivity contribution is 7.11. The van der Waals surface area contributed by atoms with Gasteiger partial charge in [0.05, 0.1) is 23.4 Å². The molecule has 2 rings (SSSR count). The fourth-order valence-electron chi connectivity index (χ4n) is 2.18. The smallest absolute Gasteiger partial charge is 0.193 e. The molecule has 2 aromatic heterocycles. The predicted octanol–water partition coefficient (Wildman–Crippen LogP) is 1.70. The molecule has 0 aliphatic rings. The van der Waals surface area contributed by atoms with Crippen LogP contribution in [-0.2, 0) is 20.1 Å². The van der Waals surface area contributed by atoms with Crippen molar-refractivity contribution in [1.29, 1.82) is 0 Å². The molecule has 1 N–H and O–H groups in total. The number of aromatic nitrogens is 3. The molecule has 0 aromatic carbocycles. The van der Waals surface area contributed by atoms with Crippen molar-refractivity contribution in [2.45, 2.75) is 26.9 Å². The lowest BCUT2D eigenvalue weighted by Crippen LogP contribution is -2.37. The first-order valence-corrected chi connectivity index (χ1v) is 7.63.